The highest BCUT2D eigenvalue weighted by molar-refractivity contribution is 5.99. The molecule has 0 saturated carbocycles. The van der Waals surface area contributed by atoms with Crippen LogP contribution in [-0.4, -0.2) is 28.8 Å². The summed E-state index contributed by atoms with van der Waals surface area (Å²) in [5, 5.41) is 19.9. The van der Waals surface area contributed by atoms with Crippen molar-refractivity contribution in [3.05, 3.63) is 76.9 Å². The molecule has 2 aliphatic rings. The number of phenolic OH excluding ortho intramolecular Hbond substituents is 2. The van der Waals surface area contributed by atoms with Crippen molar-refractivity contribution in [1.29, 1.82) is 0 Å². The Morgan fingerprint density at radius 1 is 0.968 bits per heavy atom. The van der Waals surface area contributed by atoms with Crippen molar-refractivity contribution in [2.75, 3.05) is 11.4 Å². The molecule has 0 atom stereocenters. The molecule has 1 spiro atoms. The van der Waals surface area contributed by atoms with Gasteiger partial charge in [-0.2, -0.15) is 0 Å². The molecule has 3 aromatic carbocycles. The number of hydrogen-bond donors (Lipinski definition) is 3. The van der Waals surface area contributed by atoms with Gasteiger partial charge in [0.2, 0.25) is 0 Å². The van der Waals surface area contributed by atoms with Gasteiger partial charge in [0.15, 0.2) is 5.60 Å². The summed E-state index contributed by atoms with van der Waals surface area (Å²) in [6.07, 6.45) is 0. The molecular weight excluding hydrogens is 400 g/mol. The first-order chi connectivity index (χ1) is 14.8. The van der Waals surface area contributed by atoms with Gasteiger partial charge in [-0.1, -0.05) is 6.07 Å². The van der Waals surface area contributed by atoms with Crippen LogP contribution in [0.15, 0.2) is 54.6 Å². The molecule has 0 unspecified atom stereocenters. The summed E-state index contributed by atoms with van der Waals surface area (Å²) >= 11 is 0. The lowest BCUT2D eigenvalue weighted by molar-refractivity contribution is 0.0224. The van der Waals surface area contributed by atoms with Gasteiger partial charge in [-0.05, 0) is 43.3 Å². The van der Waals surface area contributed by atoms with Crippen LogP contribution >= 0.6 is 0 Å². The molecule has 8 heteroatoms. The van der Waals surface area contributed by atoms with Gasteiger partial charge in [0.25, 0.3) is 0 Å². The van der Waals surface area contributed by atoms with E-state index in [4.69, 9.17) is 15.2 Å². The van der Waals surface area contributed by atoms with E-state index < -0.39 is 17.6 Å². The molecule has 0 saturated heterocycles. The Labute approximate surface area is 177 Å². The normalized spacial score (nSPS) is 14.8. The number of carbonyl (C=O) groups is 2. The fourth-order valence-electron chi connectivity index (χ4n) is 4.33. The predicted molar refractivity (Wildman–Crippen MR) is 111 cm³/mol. The van der Waals surface area contributed by atoms with Gasteiger partial charge in [0.05, 0.1) is 5.56 Å². The van der Waals surface area contributed by atoms with E-state index in [1.54, 1.807) is 37.3 Å². The van der Waals surface area contributed by atoms with Crippen molar-refractivity contribution >= 4 is 17.7 Å². The van der Waals surface area contributed by atoms with Crippen molar-refractivity contribution in [1.82, 2.24) is 0 Å². The lowest BCUT2D eigenvalue weighted by Crippen LogP contribution is -2.35. The largest absolute Gasteiger partial charge is 0.508 e. The SMILES string of the molecule is CCN(C(N)=O)c1ccc2c(c1)C(=O)OC21c2ccc(O)cc2Oc2cc(O)ccc21. The maximum Gasteiger partial charge on any atom is 0.340 e. The first-order valence-electron chi connectivity index (χ1n) is 9.65. The molecule has 4 N–H and O–H groups in total. The summed E-state index contributed by atoms with van der Waals surface area (Å²) < 4.78 is 11.9. The number of ether oxygens (including phenoxy) is 2. The van der Waals surface area contributed by atoms with Crippen LogP contribution in [0.25, 0.3) is 0 Å². The number of fused-ring (bicyclic) bond motifs is 6. The number of aromatic hydroxyl groups is 2. The van der Waals surface area contributed by atoms with Crippen LogP contribution in [-0.2, 0) is 10.3 Å². The molecule has 2 amide bonds. The van der Waals surface area contributed by atoms with Gasteiger partial charge in [0, 0.05) is 41.1 Å². The zero-order valence-corrected chi connectivity index (χ0v) is 16.5. The maximum absolute atomic E-state index is 13.0. The van der Waals surface area contributed by atoms with E-state index in [2.05, 4.69) is 0 Å². The van der Waals surface area contributed by atoms with Crippen molar-refractivity contribution in [3.8, 4) is 23.0 Å². The van der Waals surface area contributed by atoms with E-state index in [-0.39, 0.29) is 17.1 Å². The second-order valence-corrected chi connectivity index (χ2v) is 7.35. The van der Waals surface area contributed by atoms with Gasteiger partial charge in [0.1, 0.15) is 23.0 Å². The summed E-state index contributed by atoms with van der Waals surface area (Å²) in [6.45, 7) is 2.12. The Balaban J connectivity index is 1.79. The number of amides is 2. The summed E-state index contributed by atoms with van der Waals surface area (Å²) in [5.74, 6) is -0.00231. The van der Waals surface area contributed by atoms with Crippen LogP contribution in [0.2, 0.25) is 0 Å². The van der Waals surface area contributed by atoms with Gasteiger partial charge >= 0.3 is 12.0 Å². The zero-order valence-electron chi connectivity index (χ0n) is 16.5. The molecule has 8 nitrogen and oxygen atoms in total. The first kappa shape index (κ1) is 18.8. The molecule has 3 aromatic rings. The molecule has 0 bridgehead atoms. The Bertz CT molecular complexity index is 1220. The van der Waals surface area contributed by atoms with Crippen LogP contribution < -0.4 is 15.4 Å². The van der Waals surface area contributed by atoms with Gasteiger partial charge in [-0.15, -0.1) is 0 Å². The summed E-state index contributed by atoms with van der Waals surface area (Å²) in [4.78, 5) is 26.1. The lowest BCUT2D eigenvalue weighted by Gasteiger charge is -2.36. The number of hydrogen-bond acceptors (Lipinski definition) is 6. The molecule has 156 valence electrons. The average molecular weight is 418 g/mol. The Morgan fingerprint density at radius 3 is 2.10 bits per heavy atom. The van der Waals surface area contributed by atoms with E-state index in [0.717, 1.165) is 0 Å². The van der Waals surface area contributed by atoms with Crippen molar-refractivity contribution < 1.29 is 29.3 Å². The Kier molecular flexibility index (Phi) is 3.88. The molecule has 2 aliphatic heterocycles. The van der Waals surface area contributed by atoms with E-state index in [9.17, 15) is 19.8 Å². The highest BCUT2D eigenvalue weighted by Crippen LogP contribution is 2.57. The van der Waals surface area contributed by atoms with Gasteiger partial charge in [-0.25, -0.2) is 9.59 Å². The van der Waals surface area contributed by atoms with Crippen LogP contribution in [0, 0.1) is 0 Å². The maximum atomic E-state index is 13.0. The van der Waals surface area contributed by atoms with E-state index in [0.29, 0.717) is 40.4 Å². The molecular formula is C23H18N2O6. The number of carbonyl (C=O) groups excluding carboxylic acids is 2. The van der Waals surface area contributed by atoms with Crippen LogP contribution in [0.5, 0.6) is 23.0 Å². The number of rotatable bonds is 2. The van der Waals surface area contributed by atoms with Crippen LogP contribution in [0.3, 0.4) is 0 Å². The standard InChI is InChI=1S/C23H18N2O6/c1-2-25(22(24)29)12-3-6-16-15(9-12)21(28)31-23(16)17-7-4-13(26)10-19(17)30-20-11-14(27)5-8-18(20)23/h3-11,26-27H,2H2,1H3,(H2,24,29). The predicted octanol–water partition coefficient (Wildman–Crippen LogP) is 3.57. The van der Waals surface area contributed by atoms with Gasteiger partial charge < -0.3 is 25.4 Å². The van der Waals surface area contributed by atoms with Crippen LogP contribution in [0.4, 0.5) is 10.5 Å². The number of urea groups is 1. The topological polar surface area (TPSA) is 122 Å². The highest BCUT2D eigenvalue weighted by Gasteiger charge is 2.53. The fourth-order valence-corrected chi connectivity index (χ4v) is 4.33. The second-order valence-electron chi connectivity index (χ2n) is 7.35. The minimum absolute atomic E-state index is 0.0163. The first-order valence-corrected chi connectivity index (χ1v) is 9.65. The fraction of sp³-hybridized carbons (Fsp3) is 0.130. The number of phenols is 2. The third-order valence-corrected chi connectivity index (χ3v) is 5.65. The number of benzene rings is 3. The molecule has 0 aliphatic carbocycles. The minimum atomic E-state index is -1.33. The van der Waals surface area contributed by atoms with E-state index in [1.165, 1.54) is 29.2 Å². The average Bonchev–Trinajstić information content (AvgIpc) is 3.00. The monoisotopic (exact) mass is 418 g/mol. The number of esters is 1. The van der Waals surface area contributed by atoms with E-state index >= 15 is 0 Å². The Hall–Kier alpha value is -4.20. The third-order valence-electron chi connectivity index (χ3n) is 5.65. The summed E-state index contributed by atoms with van der Waals surface area (Å²) in [7, 11) is 0. The van der Waals surface area contributed by atoms with Crippen molar-refractivity contribution in [2.24, 2.45) is 5.73 Å². The molecule has 0 radical (unpaired) electrons. The smallest absolute Gasteiger partial charge is 0.340 e. The molecule has 5 rings (SSSR count). The second kappa shape index (κ2) is 6.40. The quantitative estimate of drug-likeness (QED) is 0.547. The molecule has 2 heterocycles. The summed E-state index contributed by atoms with van der Waals surface area (Å²) in [6, 6.07) is 13.5. The summed E-state index contributed by atoms with van der Waals surface area (Å²) in [5.41, 5.74) is 6.52. The van der Waals surface area contributed by atoms with E-state index in [1.807, 2.05) is 0 Å². The molecule has 0 aromatic heterocycles. The molecule has 0 fully saturated rings. The lowest BCUT2D eigenvalue weighted by atomic mass is 9.77. The number of nitrogens with zero attached hydrogens (tertiary/aromatic N) is 1. The van der Waals surface area contributed by atoms with Crippen molar-refractivity contribution in [3.63, 3.8) is 0 Å². The Morgan fingerprint density at radius 2 is 1.55 bits per heavy atom. The molecule has 31 heavy (non-hydrogen) atoms. The number of anilines is 1. The zero-order chi connectivity index (χ0) is 21.9. The van der Waals surface area contributed by atoms with Gasteiger partial charge in [-0.3, -0.25) is 4.90 Å². The van der Waals surface area contributed by atoms with Crippen LogP contribution in [0.1, 0.15) is 34.0 Å². The third kappa shape index (κ3) is 2.54. The minimum Gasteiger partial charge on any atom is -0.508 e. The highest BCUT2D eigenvalue weighted by atomic mass is 16.6. The number of nitrogens with two attached hydrogens (primary N) is 1. The van der Waals surface area contributed by atoms with Crippen molar-refractivity contribution in [2.45, 2.75) is 12.5 Å². The number of primary amides is 1.